The number of aryl methyl sites for hydroxylation is 1. The minimum Gasteiger partial charge on any atom is -0.359 e. The van der Waals surface area contributed by atoms with Crippen LogP contribution in [0.25, 0.3) is 0 Å². The van der Waals surface area contributed by atoms with Gasteiger partial charge < -0.3 is 4.74 Å². The maximum absolute atomic E-state index is 12.7. The minimum atomic E-state index is 0.0634. The lowest BCUT2D eigenvalue weighted by molar-refractivity contribution is 0.103. The standard InChI is InChI=1S/C17H14O2/c1-2-10-7-8-13-14(9-10)15(18)11-5-3-4-6-12(11)16-17(13)19-16/h3-9,16-17H,2H2,1H3. The van der Waals surface area contributed by atoms with Crippen LogP contribution in [0.4, 0.5) is 0 Å². The van der Waals surface area contributed by atoms with Gasteiger partial charge in [-0.25, -0.2) is 0 Å². The van der Waals surface area contributed by atoms with E-state index >= 15 is 0 Å². The number of hydrogen-bond acceptors (Lipinski definition) is 2. The van der Waals surface area contributed by atoms with Gasteiger partial charge in [-0.05, 0) is 29.2 Å². The molecule has 1 aliphatic carbocycles. The van der Waals surface area contributed by atoms with Gasteiger partial charge in [0.1, 0.15) is 12.2 Å². The van der Waals surface area contributed by atoms with Gasteiger partial charge in [-0.1, -0.05) is 43.3 Å². The van der Waals surface area contributed by atoms with E-state index in [2.05, 4.69) is 19.1 Å². The summed E-state index contributed by atoms with van der Waals surface area (Å²) in [6, 6.07) is 14.0. The van der Waals surface area contributed by atoms with Crippen molar-refractivity contribution in [1.82, 2.24) is 0 Å². The van der Waals surface area contributed by atoms with Gasteiger partial charge in [-0.2, -0.15) is 0 Å². The first-order chi connectivity index (χ1) is 9.29. The van der Waals surface area contributed by atoms with Crippen molar-refractivity contribution in [2.24, 2.45) is 0 Å². The molecule has 2 heteroatoms. The highest BCUT2D eigenvalue weighted by Gasteiger charge is 2.47. The summed E-state index contributed by atoms with van der Waals surface area (Å²) in [5, 5.41) is 0. The number of benzene rings is 2. The highest BCUT2D eigenvalue weighted by Crippen LogP contribution is 2.54. The van der Waals surface area contributed by atoms with Gasteiger partial charge in [0, 0.05) is 11.1 Å². The smallest absolute Gasteiger partial charge is 0.193 e. The van der Waals surface area contributed by atoms with E-state index in [9.17, 15) is 4.79 Å². The van der Waals surface area contributed by atoms with Crippen molar-refractivity contribution in [3.8, 4) is 0 Å². The lowest BCUT2D eigenvalue weighted by Gasteiger charge is -2.08. The molecule has 0 amide bonds. The Kier molecular flexibility index (Phi) is 2.18. The molecule has 2 aliphatic rings. The second kappa shape index (κ2) is 3.78. The van der Waals surface area contributed by atoms with Crippen LogP contribution in [-0.4, -0.2) is 5.78 Å². The first-order valence-corrected chi connectivity index (χ1v) is 6.71. The predicted molar refractivity (Wildman–Crippen MR) is 72.3 cm³/mol. The van der Waals surface area contributed by atoms with Gasteiger partial charge in [0.05, 0.1) is 0 Å². The Hall–Kier alpha value is -1.93. The summed E-state index contributed by atoms with van der Waals surface area (Å²) < 4.78 is 5.78. The van der Waals surface area contributed by atoms with Gasteiger partial charge in [-0.15, -0.1) is 0 Å². The molecule has 2 nitrogen and oxygen atoms in total. The van der Waals surface area contributed by atoms with Crippen LogP contribution in [0.3, 0.4) is 0 Å². The second-order valence-electron chi connectivity index (χ2n) is 5.17. The molecule has 0 aromatic heterocycles. The molecule has 1 fully saturated rings. The molecule has 0 spiro atoms. The fourth-order valence-corrected chi connectivity index (χ4v) is 2.95. The van der Waals surface area contributed by atoms with Crippen molar-refractivity contribution in [2.75, 3.05) is 0 Å². The van der Waals surface area contributed by atoms with Crippen molar-refractivity contribution in [3.05, 3.63) is 70.3 Å². The molecular weight excluding hydrogens is 236 g/mol. The van der Waals surface area contributed by atoms with Crippen LogP contribution in [-0.2, 0) is 11.2 Å². The Morgan fingerprint density at radius 1 is 1.00 bits per heavy atom. The molecule has 4 rings (SSSR count). The summed E-state index contributed by atoms with van der Waals surface area (Å²) in [6.07, 6.45) is 1.07. The third-order valence-electron chi connectivity index (χ3n) is 4.08. The number of fused-ring (bicyclic) bond motifs is 5. The first-order valence-electron chi connectivity index (χ1n) is 6.71. The highest BCUT2D eigenvalue weighted by atomic mass is 16.6. The van der Waals surface area contributed by atoms with E-state index in [4.69, 9.17) is 4.74 Å². The molecule has 0 saturated carbocycles. The molecule has 19 heavy (non-hydrogen) atoms. The molecule has 0 N–H and O–H groups in total. The van der Waals surface area contributed by atoms with E-state index in [-0.39, 0.29) is 18.0 Å². The first kappa shape index (κ1) is 10.9. The number of epoxide rings is 1. The van der Waals surface area contributed by atoms with Crippen LogP contribution in [0, 0.1) is 0 Å². The topological polar surface area (TPSA) is 29.6 Å². The molecular formula is C17H14O2. The third kappa shape index (κ3) is 1.50. The van der Waals surface area contributed by atoms with Crippen molar-refractivity contribution in [1.29, 1.82) is 0 Å². The second-order valence-corrected chi connectivity index (χ2v) is 5.17. The van der Waals surface area contributed by atoms with Gasteiger partial charge in [0.15, 0.2) is 5.78 Å². The molecule has 94 valence electrons. The highest BCUT2D eigenvalue weighted by molar-refractivity contribution is 6.11. The van der Waals surface area contributed by atoms with Crippen molar-refractivity contribution in [3.63, 3.8) is 0 Å². The maximum Gasteiger partial charge on any atom is 0.193 e. The van der Waals surface area contributed by atoms with Crippen molar-refractivity contribution >= 4 is 5.78 Å². The molecule has 0 bridgehead atoms. The van der Waals surface area contributed by atoms with Gasteiger partial charge in [0.2, 0.25) is 0 Å². The summed E-state index contributed by atoms with van der Waals surface area (Å²) in [5.74, 6) is 0.136. The summed E-state index contributed by atoms with van der Waals surface area (Å²) in [5.41, 5.74) is 4.89. The monoisotopic (exact) mass is 250 g/mol. The zero-order valence-corrected chi connectivity index (χ0v) is 10.7. The van der Waals surface area contributed by atoms with E-state index in [1.165, 1.54) is 5.56 Å². The lowest BCUT2D eigenvalue weighted by Crippen LogP contribution is -2.06. The SMILES string of the molecule is CCc1ccc2c(c1)C(=O)c1ccccc1C1OC21. The van der Waals surface area contributed by atoms with Gasteiger partial charge in [-0.3, -0.25) is 4.79 Å². The van der Waals surface area contributed by atoms with Crippen LogP contribution in [0.5, 0.6) is 0 Å². The number of ether oxygens (including phenoxy) is 1. The summed E-state index contributed by atoms with van der Waals surface area (Å²) in [6.45, 7) is 2.10. The summed E-state index contributed by atoms with van der Waals surface area (Å²) >= 11 is 0. The molecule has 1 aliphatic heterocycles. The van der Waals surface area contributed by atoms with Crippen LogP contribution >= 0.6 is 0 Å². The molecule has 1 saturated heterocycles. The number of carbonyl (C=O) groups is 1. The van der Waals surface area contributed by atoms with E-state index in [1.54, 1.807) is 0 Å². The van der Waals surface area contributed by atoms with Crippen LogP contribution < -0.4 is 0 Å². The van der Waals surface area contributed by atoms with E-state index in [0.29, 0.717) is 0 Å². The van der Waals surface area contributed by atoms with Crippen LogP contribution in [0.1, 0.15) is 51.7 Å². The Morgan fingerprint density at radius 2 is 1.74 bits per heavy atom. The Bertz CT molecular complexity index is 687. The molecule has 0 radical (unpaired) electrons. The molecule has 2 atom stereocenters. The average Bonchev–Trinajstić information content (AvgIpc) is 3.26. The van der Waals surface area contributed by atoms with Crippen LogP contribution in [0.2, 0.25) is 0 Å². The molecule has 1 heterocycles. The molecule has 2 unspecified atom stereocenters. The number of carbonyl (C=O) groups excluding carboxylic acids is 1. The summed E-state index contributed by atoms with van der Waals surface area (Å²) in [7, 11) is 0. The molecule has 2 aromatic rings. The number of hydrogen-bond donors (Lipinski definition) is 0. The largest absolute Gasteiger partial charge is 0.359 e. The Morgan fingerprint density at radius 3 is 2.53 bits per heavy atom. The van der Waals surface area contributed by atoms with E-state index in [0.717, 1.165) is 28.7 Å². The van der Waals surface area contributed by atoms with Crippen LogP contribution in [0.15, 0.2) is 42.5 Å². The number of ketones is 1. The van der Waals surface area contributed by atoms with Crippen molar-refractivity contribution < 1.29 is 9.53 Å². The maximum atomic E-state index is 12.7. The fraction of sp³-hybridized carbons (Fsp3) is 0.235. The van der Waals surface area contributed by atoms with Gasteiger partial charge in [0.25, 0.3) is 0 Å². The fourth-order valence-electron chi connectivity index (χ4n) is 2.95. The lowest BCUT2D eigenvalue weighted by atomic mass is 9.96. The summed E-state index contributed by atoms with van der Waals surface area (Å²) in [4.78, 5) is 12.7. The minimum absolute atomic E-state index is 0.0634. The van der Waals surface area contributed by atoms with Crippen molar-refractivity contribution in [2.45, 2.75) is 25.6 Å². The third-order valence-corrected chi connectivity index (χ3v) is 4.08. The molecule has 2 aromatic carbocycles. The van der Waals surface area contributed by atoms with E-state index < -0.39 is 0 Å². The quantitative estimate of drug-likeness (QED) is 0.724. The zero-order chi connectivity index (χ0) is 13.0. The van der Waals surface area contributed by atoms with Gasteiger partial charge >= 0.3 is 0 Å². The predicted octanol–water partition coefficient (Wildman–Crippen LogP) is 3.61. The Labute approximate surface area is 112 Å². The van der Waals surface area contributed by atoms with E-state index in [1.807, 2.05) is 30.3 Å². The zero-order valence-electron chi connectivity index (χ0n) is 10.7. The number of rotatable bonds is 1. The Balaban J connectivity index is 1.97. The average molecular weight is 250 g/mol. The normalized spacial score (nSPS) is 23.1.